The molecule has 0 spiro atoms. The van der Waals surface area contributed by atoms with Gasteiger partial charge in [0.15, 0.2) is 0 Å². The lowest BCUT2D eigenvalue weighted by atomic mass is 9.95. The van der Waals surface area contributed by atoms with Crippen LogP contribution in [0.1, 0.15) is 31.8 Å². The van der Waals surface area contributed by atoms with Crippen molar-refractivity contribution in [1.82, 2.24) is 0 Å². The minimum Gasteiger partial charge on any atom is -0.478 e. The molecule has 0 fully saturated rings. The second-order valence-corrected chi connectivity index (χ2v) is 6.17. The quantitative estimate of drug-likeness (QED) is 0.238. The van der Waals surface area contributed by atoms with Gasteiger partial charge in [0.1, 0.15) is 0 Å². The molecule has 1 aromatic rings. The Balaban J connectivity index is 2.70. The Morgan fingerprint density at radius 1 is 0.600 bits per heavy atom. The number of aromatic carboxylic acids is 2. The van der Waals surface area contributed by atoms with E-state index in [0.717, 1.165) is 0 Å². The molecule has 0 amide bonds. The molecular weight excluding hydrogens is 400 g/mol. The molecular formula is C20H30O10. The molecule has 0 heterocycles. The van der Waals surface area contributed by atoms with Crippen LogP contribution in [-0.2, 0) is 31.8 Å². The Morgan fingerprint density at radius 2 is 0.967 bits per heavy atom. The fourth-order valence-corrected chi connectivity index (χ4v) is 2.64. The predicted molar refractivity (Wildman–Crippen MR) is 105 cm³/mol. The summed E-state index contributed by atoms with van der Waals surface area (Å²) >= 11 is 0. The Bertz CT molecular complexity index is 595. The van der Waals surface area contributed by atoms with Crippen LogP contribution in [0.2, 0.25) is 0 Å². The molecule has 1 rings (SSSR count). The number of rotatable bonds is 18. The SMILES string of the molecule is O=C(O)c1cc(C(=O)O)c(CCOCCOCCO)cc1CCOCCOCCO. The second-order valence-electron chi connectivity index (χ2n) is 6.17. The molecule has 0 aliphatic carbocycles. The fourth-order valence-electron chi connectivity index (χ4n) is 2.64. The fraction of sp³-hybridized carbons (Fsp3) is 0.600. The van der Waals surface area contributed by atoms with E-state index in [0.29, 0.717) is 50.4 Å². The third-order valence-corrected chi connectivity index (χ3v) is 4.04. The maximum Gasteiger partial charge on any atom is 0.335 e. The number of hydrogen-bond acceptors (Lipinski definition) is 8. The Kier molecular flexibility index (Phi) is 13.6. The first-order valence-electron chi connectivity index (χ1n) is 9.66. The van der Waals surface area contributed by atoms with Crippen LogP contribution < -0.4 is 0 Å². The Labute approximate surface area is 174 Å². The molecule has 0 saturated heterocycles. The van der Waals surface area contributed by atoms with Crippen LogP contribution in [0.25, 0.3) is 0 Å². The van der Waals surface area contributed by atoms with Crippen molar-refractivity contribution in [2.45, 2.75) is 12.8 Å². The standard InChI is InChI=1S/C20H30O10/c21-3-7-29-11-9-27-5-1-15-13-16(2-6-28-10-12-30-8-4-22)18(20(25)26)14-17(15)19(23)24/h13-14,21-22H,1-12H2,(H,23,24)(H,25,26). The number of carboxylic acid groups (broad SMARTS) is 2. The Morgan fingerprint density at radius 3 is 1.30 bits per heavy atom. The summed E-state index contributed by atoms with van der Waals surface area (Å²) in [6.45, 7) is 2.03. The normalized spacial score (nSPS) is 11.0. The summed E-state index contributed by atoms with van der Waals surface area (Å²) in [6, 6.07) is 2.74. The number of benzene rings is 1. The van der Waals surface area contributed by atoms with Gasteiger partial charge in [-0.25, -0.2) is 9.59 Å². The molecule has 0 bridgehead atoms. The summed E-state index contributed by atoms with van der Waals surface area (Å²) in [5.74, 6) is -2.41. The predicted octanol–water partition coefficient (Wildman–Crippen LogP) is 0.219. The molecule has 0 aliphatic heterocycles. The molecule has 0 atom stereocenters. The third kappa shape index (κ3) is 10.1. The van der Waals surface area contributed by atoms with Gasteiger partial charge in [-0.15, -0.1) is 0 Å². The van der Waals surface area contributed by atoms with Gasteiger partial charge >= 0.3 is 11.9 Å². The summed E-state index contributed by atoms with van der Waals surface area (Å²) in [7, 11) is 0. The second kappa shape index (κ2) is 15.7. The van der Waals surface area contributed by atoms with Crippen molar-refractivity contribution in [2.24, 2.45) is 0 Å². The molecule has 170 valence electrons. The molecule has 4 N–H and O–H groups in total. The van der Waals surface area contributed by atoms with Crippen molar-refractivity contribution < 1.29 is 49.0 Å². The topological polar surface area (TPSA) is 152 Å². The summed E-state index contributed by atoms with van der Waals surface area (Å²) in [6.07, 6.45) is 0.592. The number of aliphatic hydroxyl groups excluding tert-OH is 2. The monoisotopic (exact) mass is 430 g/mol. The highest BCUT2D eigenvalue weighted by molar-refractivity contribution is 5.96. The molecule has 30 heavy (non-hydrogen) atoms. The van der Waals surface area contributed by atoms with Crippen LogP contribution in [0.15, 0.2) is 12.1 Å². The highest BCUT2D eigenvalue weighted by atomic mass is 16.5. The minimum absolute atomic E-state index is 0.0694. The largest absolute Gasteiger partial charge is 0.478 e. The van der Waals surface area contributed by atoms with Crippen LogP contribution >= 0.6 is 0 Å². The van der Waals surface area contributed by atoms with Crippen molar-refractivity contribution in [2.75, 3.05) is 66.1 Å². The highest BCUT2D eigenvalue weighted by Crippen LogP contribution is 2.20. The summed E-state index contributed by atoms with van der Waals surface area (Å²) < 4.78 is 21.0. The molecule has 10 nitrogen and oxygen atoms in total. The third-order valence-electron chi connectivity index (χ3n) is 4.04. The molecule has 0 unspecified atom stereocenters. The van der Waals surface area contributed by atoms with E-state index in [1.54, 1.807) is 6.07 Å². The zero-order valence-corrected chi connectivity index (χ0v) is 16.9. The number of aliphatic hydroxyl groups is 2. The summed E-state index contributed by atoms with van der Waals surface area (Å²) in [5, 5.41) is 36.1. The van der Waals surface area contributed by atoms with E-state index < -0.39 is 11.9 Å². The first-order chi connectivity index (χ1) is 14.5. The van der Waals surface area contributed by atoms with Gasteiger partial charge in [0.05, 0.1) is 77.2 Å². The van der Waals surface area contributed by atoms with Crippen molar-refractivity contribution in [3.8, 4) is 0 Å². The van der Waals surface area contributed by atoms with Crippen LogP contribution in [0, 0.1) is 0 Å². The van der Waals surface area contributed by atoms with Crippen molar-refractivity contribution in [1.29, 1.82) is 0 Å². The van der Waals surface area contributed by atoms with Gasteiger partial charge in [-0.2, -0.15) is 0 Å². The lowest BCUT2D eigenvalue weighted by Crippen LogP contribution is -2.14. The summed E-state index contributed by atoms with van der Waals surface area (Å²) in [4.78, 5) is 23.1. The maximum absolute atomic E-state index is 11.6. The van der Waals surface area contributed by atoms with E-state index in [2.05, 4.69) is 0 Å². The van der Waals surface area contributed by atoms with E-state index in [9.17, 15) is 19.8 Å². The van der Waals surface area contributed by atoms with Gasteiger partial charge in [-0.3, -0.25) is 0 Å². The molecule has 0 saturated carbocycles. The van der Waals surface area contributed by atoms with Gasteiger partial charge in [0.25, 0.3) is 0 Å². The molecule has 0 radical (unpaired) electrons. The summed E-state index contributed by atoms with van der Waals surface area (Å²) in [5.41, 5.74) is 0.805. The lowest BCUT2D eigenvalue weighted by molar-refractivity contribution is 0.0337. The number of carbonyl (C=O) groups is 2. The van der Waals surface area contributed by atoms with Gasteiger partial charge in [0.2, 0.25) is 0 Å². The zero-order chi connectivity index (χ0) is 22.2. The number of hydrogen-bond donors (Lipinski definition) is 4. The van der Waals surface area contributed by atoms with Crippen molar-refractivity contribution in [3.63, 3.8) is 0 Å². The molecule has 0 aliphatic rings. The first-order valence-corrected chi connectivity index (χ1v) is 9.66. The minimum atomic E-state index is -1.21. The van der Waals surface area contributed by atoms with E-state index in [4.69, 9.17) is 29.2 Å². The first kappa shape index (κ1) is 26.0. The smallest absolute Gasteiger partial charge is 0.335 e. The molecule has 10 heteroatoms. The van der Waals surface area contributed by atoms with Crippen molar-refractivity contribution in [3.05, 3.63) is 34.4 Å². The average molecular weight is 430 g/mol. The molecule has 1 aromatic carbocycles. The molecule has 0 aromatic heterocycles. The van der Waals surface area contributed by atoms with Gasteiger partial charge in [-0.1, -0.05) is 6.07 Å². The van der Waals surface area contributed by atoms with Crippen molar-refractivity contribution >= 4 is 11.9 Å². The average Bonchev–Trinajstić information content (AvgIpc) is 2.72. The van der Waals surface area contributed by atoms with E-state index in [-0.39, 0.29) is 50.8 Å². The maximum atomic E-state index is 11.6. The van der Waals surface area contributed by atoms with Gasteiger partial charge < -0.3 is 39.4 Å². The van der Waals surface area contributed by atoms with Crippen LogP contribution in [-0.4, -0.2) is 98.4 Å². The van der Waals surface area contributed by atoms with Crippen LogP contribution in [0.5, 0.6) is 0 Å². The highest BCUT2D eigenvalue weighted by Gasteiger charge is 2.18. The van der Waals surface area contributed by atoms with Crippen LogP contribution in [0.3, 0.4) is 0 Å². The Hall–Kier alpha value is -2.08. The van der Waals surface area contributed by atoms with E-state index in [1.165, 1.54) is 6.07 Å². The van der Waals surface area contributed by atoms with E-state index in [1.807, 2.05) is 0 Å². The van der Waals surface area contributed by atoms with Gasteiger partial charge in [-0.05, 0) is 30.0 Å². The lowest BCUT2D eigenvalue weighted by Gasteiger charge is -2.13. The van der Waals surface area contributed by atoms with Gasteiger partial charge in [0, 0.05) is 0 Å². The van der Waals surface area contributed by atoms with E-state index >= 15 is 0 Å². The zero-order valence-electron chi connectivity index (χ0n) is 16.9. The van der Waals surface area contributed by atoms with Crippen LogP contribution in [0.4, 0.5) is 0 Å². The number of carboxylic acids is 2. The number of ether oxygens (including phenoxy) is 4.